The zero-order valence-corrected chi connectivity index (χ0v) is 9.53. The van der Waals surface area contributed by atoms with Crippen molar-refractivity contribution in [3.8, 4) is 0 Å². The number of halogens is 2. The molecule has 0 aliphatic carbocycles. The van der Waals surface area contributed by atoms with Crippen LogP contribution in [0.2, 0.25) is 5.02 Å². The molecule has 0 aliphatic heterocycles. The second-order valence-corrected chi connectivity index (χ2v) is 3.98. The maximum Gasteiger partial charge on any atom is 0.164 e. The molecular weight excluding hydrogens is 219 g/mol. The van der Waals surface area contributed by atoms with Gasteiger partial charge in [-0.2, -0.15) is 0 Å². The number of rotatable bonds is 4. The highest BCUT2D eigenvalue weighted by molar-refractivity contribution is 6.34. The predicted molar refractivity (Wildman–Crippen MR) is 60.5 cm³/mol. The van der Waals surface area contributed by atoms with E-state index in [4.69, 9.17) is 23.2 Å². The Balaban J connectivity index is 2.80. The van der Waals surface area contributed by atoms with Gasteiger partial charge in [0.05, 0.1) is 5.02 Å². The number of Topliss-reactive ketones (excluding diaryl/α,β-unsaturated/α-hetero) is 1. The molecule has 0 aromatic heterocycles. The molecule has 0 aliphatic rings. The molecule has 0 saturated carbocycles. The van der Waals surface area contributed by atoms with Crippen molar-refractivity contribution in [2.75, 3.05) is 5.88 Å². The lowest BCUT2D eigenvalue weighted by atomic mass is 10.1. The molecule has 0 radical (unpaired) electrons. The Kier molecular flexibility index (Phi) is 4.43. The standard InChI is InChI=1S/C11H12Cl2O/c1-8-4-5-9(10(13)7-8)11(14)3-2-6-12/h4-5,7H,2-3,6H2,1H3. The summed E-state index contributed by atoms with van der Waals surface area (Å²) in [5.41, 5.74) is 1.66. The van der Waals surface area contributed by atoms with Gasteiger partial charge in [-0.3, -0.25) is 4.79 Å². The van der Waals surface area contributed by atoms with Gasteiger partial charge in [-0.25, -0.2) is 0 Å². The summed E-state index contributed by atoms with van der Waals surface area (Å²) >= 11 is 11.5. The average molecular weight is 231 g/mol. The molecule has 0 spiro atoms. The van der Waals surface area contributed by atoms with E-state index < -0.39 is 0 Å². The first-order valence-electron chi connectivity index (χ1n) is 4.50. The molecule has 0 saturated heterocycles. The summed E-state index contributed by atoms with van der Waals surface area (Å²) < 4.78 is 0. The summed E-state index contributed by atoms with van der Waals surface area (Å²) in [7, 11) is 0. The normalized spacial score (nSPS) is 10.2. The predicted octanol–water partition coefficient (Wildman–Crippen LogP) is 3.85. The van der Waals surface area contributed by atoms with Gasteiger partial charge in [0.2, 0.25) is 0 Å². The summed E-state index contributed by atoms with van der Waals surface area (Å²) in [5.74, 6) is 0.575. The van der Waals surface area contributed by atoms with Crippen LogP contribution >= 0.6 is 23.2 Å². The maximum atomic E-state index is 11.6. The van der Waals surface area contributed by atoms with Gasteiger partial charge < -0.3 is 0 Å². The topological polar surface area (TPSA) is 17.1 Å². The molecular formula is C11H12Cl2O. The fourth-order valence-corrected chi connectivity index (χ4v) is 1.68. The van der Waals surface area contributed by atoms with Crippen LogP contribution in [0.3, 0.4) is 0 Å². The largest absolute Gasteiger partial charge is 0.294 e. The van der Waals surface area contributed by atoms with Gasteiger partial charge in [0.1, 0.15) is 0 Å². The third kappa shape index (κ3) is 3.00. The highest BCUT2D eigenvalue weighted by Gasteiger charge is 2.09. The van der Waals surface area contributed by atoms with E-state index in [2.05, 4.69) is 0 Å². The SMILES string of the molecule is Cc1ccc(C(=O)CCCCl)c(Cl)c1. The highest BCUT2D eigenvalue weighted by Crippen LogP contribution is 2.19. The van der Waals surface area contributed by atoms with E-state index in [0.29, 0.717) is 29.3 Å². The van der Waals surface area contributed by atoms with Crippen molar-refractivity contribution in [3.05, 3.63) is 34.3 Å². The zero-order valence-electron chi connectivity index (χ0n) is 8.02. The van der Waals surface area contributed by atoms with Gasteiger partial charge in [0, 0.05) is 17.9 Å². The smallest absolute Gasteiger partial charge is 0.164 e. The van der Waals surface area contributed by atoms with Crippen molar-refractivity contribution in [1.29, 1.82) is 0 Å². The first kappa shape index (κ1) is 11.5. The minimum Gasteiger partial charge on any atom is -0.294 e. The molecule has 14 heavy (non-hydrogen) atoms. The van der Waals surface area contributed by atoms with Gasteiger partial charge in [-0.1, -0.05) is 17.7 Å². The summed E-state index contributed by atoms with van der Waals surface area (Å²) in [6.45, 7) is 1.94. The van der Waals surface area contributed by atoms with Crippen LogP contribution in [0.1, 0.15) is 28.8 Å². The van der Waals surface area contributed by atoms with E-state index in [1.165, 1.54) is 0 Å². The molecule has 0 unspecified atom stereocenters. The fourth-order valence-electron chi connectivity index (χ4n) is 1.21. The molecule has 1 rings (SSSR count). The van der Waals surface area contributed by atoms with Crippen molar-refractivity contribution in [1.82, 2.24) is 0 Å². The van der Waals surface area contributed by atoms with E-state index in [0.717, 1.165) is 5.56 Å². The number of aryl methyl sites for hydroxylation is 1. The molecule has 0 heterocycles. The molecule has 1 aromatic rings. The second kappa shape index (κ2) is 5.38. The van der Waals surface area contributed by atoms with Crippen LogP contribution in [0, 0.1) is 6.92 Å². The number of hydrogen-bond acceptors (Lipinski definition) is 1. The van der Waals surface area contributed by atoms with E-state index in [1.54, 1.807) is 12.1 Å². The summed E-state index contributed by atoms with van der Waals surface area (Å²) in [6, 6.07) is 5.46. The third-order valence-corrected chi connectivity index (χ3v) is 2.54. The lowest BCUT2D eigenvalue weighted by Crippen LogP contribution is -2.00. The molecule has 1 nitrogen and oxygen atoms in total. The number of hydrogen-bond donors (Lipinski definition) is 0. The van der Waals surface area contributed by atoms with Gasteiger partial charge in [0.15, 0.2) is 5.78 Å². The molecule has 0 bridgehead atoms. The van der Waals surface area contributed by atoms with E-state index >= 15 is 0 Å². The molecule has 0 atom stereocenters. The molecule has 76 valence electrons. The zero-order chi connectivity index (χ0) is 10.6. The molecule has 0 N–H and O–H groups in total. The lowest BCUT2D eigenvalue weighted by Gasteiger charge is -2.03. The van der Waals surface area contributed by atoms with Gasteiger partial charge >= 0.3 is 0 Å². The van der Waals surface area contributed by atoms with Crippen LogP contribution in [0.25, 0.3) is 0 Å². The lowest BCUT2D eigenvalue weighted by molar-refractivity contribution is 0.0982. The van der Waals surface area contributed by atoms with Crippen LogP contribution in [0.5, 0.6) is 0 Å². The fraction of sp³-hybridized carbons (Fsp3) is 0.364. The van der Waals surface area contributed by atoms with Crippen molar-refractivity contribution >= 4 is 29.0 Å². The highest BCUT2D eigenvalue weighted by atomic mass is 35.5. The van der Waals surface area contributed by atoms with Gasteiger partial charge in [0.25, 0.3) is 0 Å². The van der Waals surface area contributed by atoms with E-state index in [-0.39, 0.29) is 5.78 Å². The van der Waals surface area contributed by atoms with E-state index in [1.807, 2.05) is 13.0 Å². The van der Waals surface area contributed by atoms with Gasteiger partial charge in [-0.05, 0) is 31.0 Å². The van der Waals surface area contributed by atoms with Gasteiger partial charge in [-0.15, -0.1) is 11.6 Å². The van der Waals surface area contributed by atoms with Crippen LogP contribution in [-0.2, 0) is 0 Å². The minimum atomic E-state index is 0.0654. The Morgan fingerprint density at radius 1 is 1.43 bits per heavy atom. The number of carbonyl (C=O) groups is 1. The van der Waals surface area contributed by atoms with Crippen LogP contribution < -0.4 is 0 Å². The van der Waals surface area contributed by atoms with Crippen molar-refractivity contribution in [2.45, 2.75) is 19.8 Å². The first-order chi connectivity index (χ1) is 6.65. The Labute approximate surface area is 94.0 Å². The monoisotopic (exact) mass is 230 g/mol. The van der Waals surface area contributed by atoms with Crippen LogP contribution in [0.4, 0.5) is 0 Å². The Hall–Kier alpha value is -0.530. The molecule has 3 heteroatoms. The number of carbonyl (C=O) groups excluding carboxylic acids is 1. The molecule has 1 aromatic carbocycles. The first-order valence-corrected chi connectivity index (χ1v) is 5.41. The summed E-state index contributed by atoms with van der Waals surface area (Å²) in [4.78, 5) is 11.6. The minimum absolute atomic E-state index is 0.0654. The van der Waals surface area contributed by atoms with E-state index in [9.17, 15) is 4.79 Å². The number of ketones is 1. The van der Waals surface area contributed by atoms with Crippen molar-refractivity contribution < 1.29 is 4.79 Å². The van der Waals surface area contributed by atoms with Crippen LogP contribution in [0.15, 0.2) is 18.2 Å². The van der Waals surface area contributed by atoms with Crippen LogP contribution in [-0.4, -0.2) is 11.7 Å². The Morgan fingerprint density at radius 3 is 2.71 bits per heavy atom. The van der Waals surface area contributed by atoms with Crippen molar-refractivity contribution in [3.63, 3.8) is 0 Å². The quantitative estimate of drug-likeness (QED) is 0.568. The third-order valence-electron chi connectivity index (χ3n) is 1.96. The second-order valence-electron chi connectivity index (χ2n) is 3.20. The molecule has 0 amide bonds. The summed E-state index contributed by atoms with van der Waals surface area (Å²) in [5, 5.41) is 0.532. The number of alkyl halides is 1. The Bertz CT molecular complexity index is 334. The number of benzene rings is 1. The summed E-state index contributed by atoms with van der Waals surface area (Å²) in [6.07, 6.45) is 1.16. The maximum absolute atomic E-state index is 11.6. The average Bonchev–Trinajstić information content (AvgIpc) is 2.14. The molecule has 0 fully saturated rings. The Morgan fingerprint density at radius 2 is 2.14 bits per heavy atom. The van der Waals surface area contributed by atoms with Crippen molar-refractivity contribution in [2.24, 2.45) is 0 Å².